The smallest absolute Gasteiger partial charge is 0.278 e. The second kappa shape index (κ2) is 7.01. The molecule has 4 aromatic rings. The van der Waals surface area contributed by atoms with Gasteiger partial charge in [-0.05, 0) is 36.4 Å². The molecular formula is C19H15ClN4O2. The molecule has 0 aliphatic heterocycles. The number of rotatable bonds is 5. The number of imidazole rings is 1. The van der Waals surface area contributed by atoms with Gasteiger partial charge in [-0.15, -0.1) is 0 Å². The highest BCUT2D eigenvalue weighted by Crippen LogP contribution is 2.25. The Hall–Kier alpha value is -3.12. The van der Waals surface area contributed by atoms with Gasteiger partial charge in [-0.1, -0.05) is 29.7 Å². The number of aromatic nitrogens is 4. The molecule has 6 nitrogen and oxygen atoms in total. The van der Waals surface area contributed by atoms with E-state index < -0.39 is 0 Å². The predicted octanol–water partition coefficient (Wildman–Crippen LogP) is 4.93. The Labute approximate surface area is 155 Å². The van der Waals surface area contributed by atoms with E-state index in [4.69, 9.17) is 20.9 Å². The topological polar surface area (TPSA) is 66.0 Å². The number of hydrogen-bond donors (Lipinski definition) is 0. The fourth-order valence-corrected chi connectivity index (χ4v) is 2.55. The molecular weight excluding hydrogens is 352 g/mol. The van der Waals surface area contributed by atoms with E-state index in [9.17, 15) is 0 Å². The molecule has 0 saturated carbocycles. The van der Waals surface area contributed by atoms with Crippen LogP contribution in [0, 0.1) is 0 Å². The monoisotopic (exact) mass is 366 g/mol. The molecule has 2 aromatic carbocycles. The van der Waals surface area contributed by atoms with Crippen LogP contribution in [-0.4, -0.2) is 19.7 Å². The van der Waals surface area contributed by atoms with Crippen LogP contribution >= 0.6 is 11.6 Å². The lowest BCUT2D eigenvalue weighted by molar-refractivity contribution is 0.422. The third kappa shape index (κ3) is 3.45. The highest BCUT2D eigenvalue weighted by molar-refractivity contribution is 6.30. The van der Waals surface area contributed by atoms with Crippen molar-refractivity contribution in [3.05, 3.63) is 71.9 Å². The fourth-order valence-electron chi connectivity index (χ4n) is 2.42. The third-order valence-electron chi connectivity index (χ3n) is 3.75. The van der Waals surface area contributed by atoms with Gasteiger partial charge in [0, 0.05) is 23.7 Å². The van der Waals surface area contributed by atoms with Crippen molar-refractivity contribution in [1.29, 1.82) is 0 Å². The molecule has 0 spiro atoms. The molecule has 26 heavy (non-hydrogen) atoms. The first kappa shape index (κ1) is 16.4. The van der Waals surface area contributed by atoms with E-state index in [1.54, 1.807) is 18.5 Å². The van der Waals surface area contributed by atoms with Crippen molar-refractivity contribution < 1.29 is 9.26 Å². The summed E-state index contributed by atoms with van der Waals surface area (Å²) in [6, 6.07) is 14.9. The quantitative estimate of drug-likeness (QED) is 0.501. The second-order valence-electron chi connectivity index (χ2n) is 5.59. The molecule has 4 rings (SSSR count). The van der Waals surface area contributed by atoms with E-state index in [-0.39, 0.29) is 0 Å². The van der Waals surface area contributed by atoms with Gasteiger partial charge in [0.1, 0.15) is 23.5 Å². The molecule has 130 valence electrons. The molecule has 0 atom stereocenters. The Morgan fingerprint density at radius 2 is 1.96 bits per heavy atom. The van der Waals surface area contributed by atoms with Crippen molar-refractivity contribution in [2.75, 3.05) is 0 Å². The molecule has 0 N–H and O–H groups in total. The van der Waals surface area contributed by atoms with Gasteiger partial charge in [-0.3, -0.25) is 0 Å². The van der Waals surface area contributed by atoms with Gasteiger partial charge < -0.3 is 13.8 Å². The zero-order valence-electron chi connectivity index (χ0n) is 14.0. The molecule has 0 bridgehead atoms. The summed E-state index contributed by atoms with van der Waals surface area (Å²) < 4.78 is 13.0. The molecule has 0 saturated heterocycles. The van der Waals surface area contributed by atoms with Crippen LogP contribution in [0.5, 0.6) is 11.5 Å². The van der Waals surface area contributed by atoms with Crippen molar-refractivity contribution in [1.82, 2.24) is 19.7 Å². The van der Waals surface area contributed by atoms with Gasteiger partial charge in [0.2, 0.25) is 0 Å². The number of halogens is 1. The summed E-state index contributed by atoms with van der Waals surface area (Å²) >= 11 is 5.90. The lowest BCUT2D eigenvalue weighted by atomic mass is 10.3. The molecule has 0 aliphatic rings. The minimum absolute atomic E-state index is 0.411. The number of ether oxygens (including phenoxy) is 1. The summed E-state index contributed by atoms with van der Waals surface area (Å²) in [4.78, 5) is 8.64. The van der Waals surface area contributed by atoms with E-state index in [1.165, 1.54) is 0 Å². The van der Waals surface area contributed by atoms with E-state index in [0.717, 1.165) is 11.4 Å². The van der Waals surface area contributed by atoms with Gasteiger partial charge in [0.25, 0.3) is 5.89 Å². The Bertz CT molecular complexity index is 1020. The van der Waals surface area contributed by atoms with Crippen LogP contribution in [0.1, 0.15) is 12.7 Å². The van der Waals surface area contributed by atoms with Crippen molar-refractivity contribution in [3.8, 4) is 28.8 Å². The minimum Gasteiger partial charge on any atom is -0.457 e. The summed E-state index contributed by atoms with van der Waals surface area (Å²) in [6.07, 6.45) is 4.26. The summed E-state index contributed by atoms with van der Waals surface area (Å²) in [5.74, 6) is 2.50. The Balaban J connectivity index is 1.57. The third-order valence-corrected chi connectivity index (χ3v) is 4.00. The van der Waals surface area contributed by atoms with E-state index >= 15 is 0 Å². The van der Waals surface area contributed by atoms with Crippen LogP contribution in [0.15, 0.2) is 65.6 Å². The van der Waals surface area contributed by atoms with Crippen molar-refractivity contribution in [3.63, 3.8) is 0 Å². The van der Waals surface area contributed by atoms with E-state index in [2.05, 4.69) is 15.1 Å². The molecule has 0 unspecified atom stereocenters. The van der Waals surface area contributed by atoms with Crippen LogP contribution in [-0.2, 0) is 6.42 Å². The van der Waals surface area contributed by atoms with Gasteiger partial charge in [0.15, 0.2) is 5.82 Å². The normalized spacial score (nSPS) is 10.8. The number of hydrogen-bond acceptors (Lipinski definition) is 5. The Morgan fingerprint density at radius 3 is 2.73 bits per heavy atom. The van der Waals surface area contributed by atoms with Crippen LogP contribution in [0.4, 0.5) is 0 Å². The number of aryl methyl sites for hydroxylation is 1. The van der Waals surface area contributed by atoms with Gasteiger partial charge >= 0.3 is 0 Å². The number of nitrogens with zero attached hydrogens (tertiary/aromatic N) is 4. The zero-order valence-corrected chi connectivity index (χ0v) is 14.7. The molecule has 2 aromatic heterocycles. The average Bonchev–Trinajstić information content (AvgIpc) is 3.33. The highest BCUT2D eigenvalue weighted by Gasteiger charge is 2.11. The summed E-state index contributed by atoms with van der Waals surface area (Å²) in [5, 5.41) is 4.57. The summed E-state index contributed by atoms with van der Waals surface area (Å²) in [6.45, 7) is 1.97. The SMILES string of the molecule is CCc1noc(-c2cn(-c3cccc(Oc4ccc(Cl)cc4)c3)cn2)n1. The lowest BCUT2D eigenvalue weighted by Gasteiger charge is -2.08. The lowest BCUT2D eigenvalue weighted by Crippen LogP contribution is -1.91. The average molecular weight is 367 g/mol. The summed E-state index contributed by atoms with van der Waals surface area (Å²) in [5.41, 5.74) is 1.53. The standard InChI is InChI=1S/C19H15ClN4O2/c1-2-18-22-19(26-23-18)17-11-24(12-21-17)14-4-3-5-16(10-14)25-15-8-6-13(20)7-9-15/h3-12H,2H2,1H3. The van der Waals surface area contributed by atoms with Crippen molar-refractivity contribution in [2.45, 2.75) is 13.3 Å². The van der Waals surface area contributed by atoms with Crippen LogP contribution in [0.2, 0.25) is 5.02 Å². The molecule has 0 aliphatic carbocycles. The maximum Gasteiger partial charge on any atom is 0.278 e. The molecule has 2 heterocycles. The molecule has 7 heteroatoms. The first-order valence-electron chi connectivity index (χ1n) is 8.12. The Kier molecular flexibility index (Phi) is 4.41. The van der Waals surface area contributed by atoms with Crippen LogP contribution < -0.4 is 4.74 Å². The second-order valence-corrected chi connectivity index (χ2v) is 6.03. The first-order chi connectivity index (χ1) is 12.7. The minimum atomic E-state index is 0.411. The highest BCUT2D eigenvalue weighted by atomic mass is 35.5. The Morgan fingerprint density at radius 1 is 1.12 bits per heavy atom. The molecule has 0 fully saturated rings. The van der Waals surface area contributed by atoms with Gasteiger partial charge in [-0.2, -0.15) is 4.98 Å². The van der Waals surface area contributed by atoms with Gasteiger partial charge in [-0.25, -0.2) is 4.98 Å². The first-order valence-corrected chi connectivity index (χ1v) is 8.50. The van der Waals surface area contributed by atoms with Crippen molar-refractivity contribution in [2.24, 2.45) is 0 Å². The summed E-state index contributed by atoms with van der Waals surface area (Å²) in [7, 11) is 0. The van der Waals surface area contributed by atoms with Crippen LogP contribution in [0.25, 0.3) is 17.3 Å². The fraction of sp³-hybridized carbons (Fsp3) is 0.105. The molecule has 0 radical (unpaired) electrons. The van der Waals surface area contributed by atoms with E-state index in [0.29, 0.717) is 34.6 Å². The predicted molar refractivity (Wildman–Crippen MR) is 97.8 cm³/mol. The number of benzene rings is 2. The largest absolute Gasteiger partial charge is 0.457 e. The maximum atomic E-state index is 5.90. The van der Waals surface area contributed by atoms with Crippen LogP contribution in [0.3, 0.4) is 0 Å². The maximum absolute atomic E-state index is 5.90. The van der Waals surface area contributed by atoms with Gasteiger partial charge in [0.05, 0.1) is 5.69 Å². The van der Waals surface area contributed by atoms with Crippen molar-refractivity contribution >= 4 is 11.6 Å². The zero-order chi connectivity index (χ0) is 17.9. The van der Waals surface area contributed by atoms with E-state index in [1.807, 2.05) is 54.1 Å². The molecule has 0 amide bonds.